The minimum absolute atomic E-state index is 1.28. The zero-order chi connectivity index (χ0) is 27.5. The normalized spacial score (nSPS) is 12.2. The van der Waals surface area contributed by atoms with Gasteiger partial charge in [0, 0.05) is 0 Å². The SMILES string of the molecule is CCCCCCCCCCCCCCCCCCPPCCCCCCCCCCCCCCCCCC. The summed E-state index contributed by atoms with van der Waals surface area (Å²) >= 11 is 0. The molecule has 0 saturated heterocycles. The van der Waals surface area contributed by atoms with Crippen LogP contribution in [0, 0.1) is 0 Å². The fourth-order valence-electron chi connectivity index (χ4n) is 5.70. The molecule has 0 bridgehead atoms. The minimum Gasteiger partial charge on any atom is -0.0992 e. The Morgan fingerprint density at radius 2 is 0.368 bits per heavy atom. The molecule has 0 aliphatic rings. The fourth-order valence-corrected chi connectivity index (χ4v) is 9.03. The standard InChI is InChI=1S/C36H76P2/c1-3-5-7-9-11-13-15-17-19-21-23-25-27-29-31-33-35-37-38-36-34-32-30-28-26-24-22-20-18-16-14-12-10-8-6-4-2/h37-38H,3-36H2,1-2H3. The summed E-state index contributed by atoms with van der Waals surface area (Å²) in [6.07, 6.45) is 50.6. The highest BCUT2D eigenvalue weighted by atomic mass is 32.0. The molecule has 0 aromatic carbocycles. The molecule has 0 nitrogen and oxygen atoms in total. The lowest BCUT2D eigenvalue weighted by atomic mass is 10.0. The van der Waals surface area contributed by atoms with Gasteiger partial charge in [-0.2, -0.15) is 0 Å². The topological polar surface area (TPSA) is 0 Å². The van der Waals surface area contributed by atoms with Gasteiger partial charge in [-0.15, -0.1) is 0 Å². The van der Waals surface area contributed by atoms with E-state index in [1.165, 1.54) is 234 Å². The van der Waals surface area contributed by atoms with E-state index < -0.39 is 0 Å². The summed E-state index contributed by atoms with van der Waals surface area (Å²) in [6.45, 7) is 4.62. The Labute approximate surface area is 247 Å². The molecule has 2 atom stereocenters. The minimum atomic E-state index is 1.28. The molecule has 0 saturated carbocycles. The lowest BCUT2D eigenvalue weighted by Gasteiger charge is -2.05. The maximum atomic E-state index is 2.31. The van der Waals surface area contributed by atoms with Crippen LogP contribution in [-0.4, -0.2) is 12.3 Å². The van der Waals surface area contributed by atoms with E-state index in [1.54, 1.807) is 0 Å². The Bertz CT molecular complexity index is 348. The predicted octanol–water partition coefficient (Wildman–Crippen LogP) is 14.8. The van der Waals surface area contributed by atoms with Crippen molar-refractivity contribution in [1.29, 1.82) is 0 Å². The first-order chi connectivity index (χ1) is 18.9. The molecule has 38 heavy (non-hydrogen) atoms. The average Bonchev–Trinajstić information content (AvgIpc) is 2.93. The summed E-state index contributed by atoms with van der Waals surface area (Å²) < 4.78 is 0. The maximum Gasteiger partial charge on any atom is -0.0317 e. The van der Waals surface area contributed by atoms with Gasteiger partial charge in [-0.05, 0) is 25.2 Å². The van der Waals surface area contributed by atoms with Gasteiger partial charge >= 0.3 is 0 Å². The second-order valence-corrected chi connectivity index (χ2v) is 16.3. The summed E-state index contributed by atoms with van der Waals surface area (Å²) in [5.41, 5.74) is 0. The highest BCUT2D eigenvalue weighted by Gasteiger charge is 1.97. The van der Waals surface area contributed by atoms with Crippen molar-refractivity contribution in [2.24, 2.45) is 0 Å². The van der Waals surface area contributed by atoms with Crippen LogP contribution in [-0.2, 0) is 0 Å². The van der Waals surface area contributed by atoms with Crippen LogP contribution in [0.4, 0.5) is 0 Å². The fraction of sp³-hybridized carbons (Fsp3) is 1.00. The summed E-state index contributed by atoms with van der Waals surface area (Å²) in [5.74, 6) is 0. The van der Waals surface area contributed by atoms with Crippen molar-refractivity contribution in [2.45, 2.75) is 219 Å². The Kier molecular flexibility index (Phi) is 38.7. The molecule has 0 amide bonds. The molecular weight excluding hydrogens is 494 g/mol. The van der Waals surface area contributed by atoms with Gasteiger partial charge in [0.05, 0.1) is 0 Å². The molecule has 0 aromatic heterocycles. The third-order valence-corrected chi connectivity index (χ3v) is 12.1. The number of hydrogen-bond donors (Lipinski definition) is 0. The molecule has 0 rings (SSSR count). The molecule has 0 fully saturated rings. The van der Waals surface area contributed by atoms with Gasteiger partial charge < -0.3 is 0 Å². The first-order valence-corrected chi connectivity index (χ1v) is 21.8. The van der Waals surface area contributed by atoms with E-state index in [0.717, 1.165) is 0 Å². The first-order valence-electron chi connectivity index (χ1n) is 18.4. The monoisotopic (exact) mass is 571 g/mol. The van der Waals surface area contributed by atoms with Crippen molar-refractivity contribution < 1.29 is 0 Å². The third kappa shape index (κ3) is 36.9. The van der Waals surface area contributed by atoms with Crippen LogP contribution in [0.5, 0.6) is 0 Å². The van der Waals surface area contributed by atoms with E-state index in [1.807, 2.05) is 0 Å². The van der Waals surface area contributed by atoms with Gasteiger partial charge in [-0.3, -0.25) is 0 Å². The van der Waals surface area contributed by atoms with Gasteiger partial charge in [0.25, 0.3) is 0 Å². The summed E-state index contributed by atoms with van der Waals surface area (Å²) in [7, 11) is 2.56. The van der Waals surface area contributed by atoms with E-state index in [9.17, 15) is 0 Å². The average molecular weight is 571 g/mol. The van der Waals surface area contributed by atoms with Crippen molar-refractivity contribution in [3.8, 4) is 0 Å². The second kappa shape index (κ2) is 37.9. The number of hydrogen-bond acceptors (Lipinski definition) is 0. The van der Waals surface area contributed by atoms with Crippen molar-refractivity contribution >= 4 is 16.5 Å². The van der Waals surface area contributed by atoms with E-state index in [4.69, 9.17) is 0 Å². The van der Waals surface area contributed by atoms with Crippen molar-refractivity contribution in [3.63, 3.8) is 0 Å². The second-order valence-electron chi connectivity index (χ2n) is 12.5. The van der Waals surface area contributed by atoms with Crippen LogP contribution in [0.15, 0.2) is 0 Å². The molecule has 0 aliphatic heterocycles. The number of rotatable bonds is 35. The van der Waals surface area contributed by atoms with Gasteiger partial charge in [-0.1, -0.05) is 223 Å². The number of unbranched alkanes of at least 4 members (excludes halogenated alkanes) is 30. The quantitative estimate of drug-likeness (QED) is 0.0525. The zero-order valence-electron chi connectivity index (χ0n) is 27.0. The lowest BCUT2D eigenvalue weighted by molar-refractivity contribution is 0.531. The van der Waals surface area contributed by atoms with Crippen LogP contribution < -0.4 is 0 Å². The van der Waals surface area contributed by atoms with Crippen LogP contribution in [0.2, 0.25) is 0 Å². The molecule has 0 N–H and O–H groups in total. The summed E-state index contributed by atoms with van der Waals surface area (Å²) in [4.78, 5) is 0. The molecule has 2 heteroatoms. The lowest BCUT2D eigenvalue weighted by Crippen LogP contribution is -1.84. The molecule has 0 spiro atoms. The van der Waals surface area contributed by atoms with E-state index in [-0.39, 0.29) is 0 Å². The van der Waals surface area contributed by atoms with Crippen LogP contribution in [0.3, 0.4) is 0 Å². The first kappa shape index (κ1) is 38.9. The Morgan fingerprint density at radius 3 is 0.553 bits per heavy atom. The zero-order valence-corrected chi connectivity index (χ0v) is 29.0. The molecule has 0 aromatic rings. The smallest absolute Gasteiger partial charge is 0.0317 e. The molecule has 0 radical (unpaired) electrons. The van der Waals surface area contributed by atoms with Crippen molar-refractivity contribution in [2.75, 3.05) is 12.3 Å². The van der Waals surface area contributed by atoms with Crippen LogP contribution in [0.1, 0.15) is 219 Å². The van der Waals surface area contributed by atoms with Crippen molar-refractivity contribution in [1.82, 2.24) is 0 Å². The summed E-state index contributed by atoms with van der Waals surface area (Å²) in [6, 6.07) is 0. The van der Waals surface area contributed by atoms with Gasteiger partial charge in [0.15, 0.2) is 0 Å². The largest absolute Gasteiger partial charge is 0.0992 e. The van der Waals surface area contributed by atoms with E-state index >= 15 is 0 Å². The Hall–Kier alpha value is 0.860. The molecular formula is C36H76P2. The Morgan fingerprint density at radius 1 is 0.211 bits per heavy atom. The third-order valence-electron chi connectivity index (χ3n) is 8.44. The van der Waals surface area contributed by atoms with Crippen LogP contribution in [0.25, 0.3) is 0 Å². The van der Waals surface area contributed by atoms with E-state index in [0.29, 0.717) is 0 Å². The predicted molar refractivity (Wildman–Crippen MR) is 185 cm³/mol. The van der Waals surface area contributed by atoms with Gasteiger partial charge in [0.2, 0.25) is 0 Å². The molecule has 2 unspecified atom stereocenters. The van der Waals surface area contributed by atoms with Crippen LogP contribution >= 0.6 is 16.5 Å². The molecule has 0 heterocycles. The Balaban J connectivity index is 3.01. The molecule has 230 valence electrons. The highest BCUT2D eigenvalue weighted by molar-refractivity contribution is 8.11. The summed E-state index contributed by atoms with van der Waals surface area (Å²) in [5, 5.41) is 0. The van der Waals surface area contributed by atoms with E-state index in [2.05, 4.69) is 13.8 Å². The van der Waals surface area contributed by atoms with Gasteiger partial charge in [-0.25, -0.2) is 0 Å². The highest BCUT2D eigenvalue weighted by Crippen LogP contribution is 2.38. The maximum absolute atomic E-state index is 2.31. The molecule has 0 aliphatic carbocycles. The van der Waals surface area contributed by atoms with Gasteiger partial charge in [0.1, 0.15) is 0 Å². The van der Waals surface area contributed by atoms with Crippen molar-refractivity contribution in [3.05, 3.63) is 0 Å².